The lowest BCUT2D eigenvalue weighted by atomic mass is 10.1. The molecular weight excluding hydrogens is 246 g/mol. The molecule has 18 heavy (non-hydrogen) atoms. The van der Waals surface area contributed by atoms with Crippen molar-refractivity contribution < 1.29 is 4.74 Å². The molecule has 1 N–H and O–H groups in total. The fourth-order valence-electron chi connectivity index (χ4n) is 2.38. The van der Waals surface area contributed by atoms with E-state index in [0.29, 0.717) is 6.04 Å². The summed E-state index contributed by atoms with van der Waals surface area (Å²) in [4.78, 5) is 0. The third-order valence-electron chi connectivity index (χ3n) is 3.42. The standard InChI is InChI=1S/C15H22ClNO/c1-11-5-6-15-13(8-11)9-14(18-15)10-17-12(2)4-3-7-16/h5-6,8,12,14,17H,3-4,7,9-10H2,1-2H3. The summed E-state index contributed by atoms with van der Waals surface area (Å²) in [6, 6.07) is 6.93. The molecule has 0 amide bonds. The topological polar surface area (TPSA) is 21.3 Å². The minimum Gasteiger partial charge on any atom is -0.488 e. The lowest BCUT2D eigenvalue weighted by molar-refractivity contribution is 0.221. The molecule has 2 atom stereocenters. The molecule has 1 aromatic rings. The Hall–Kier alpha value is -0.730. The van der Waals surface area contributed by atoms with Crippen molar-refractivity contribution in [2.24, 2.45) is 0 Å². The van der Waals surface area contributed by atoms with E-state index in [1.807, 2.05) is 0 Å². The van der Waals surface area contributed by atoms with Crippen molar-refractivity contribution in [3.63, 3.8) is 0 Å². The average molecular weight is 268 g/mol. The van der Waals surface area contributed by atoms with Gasteiger partial charge in [0.2, 0.25) is 0 Å². The van der Waals surface area contributed by atoms with Gasteiger partial charge in [-0.1, -0.05) is 17.7 Å². The van der Waals surface area contributed by atoms with E-state index < -0.39 is 0 Å². The summed E-state index contributed by atoms with van der Waals surface area (Å²) < 4.78 is 5.93. The molecular formula is C15H22ClNO. The summed E-state index contributed by atoms with van der Waals surface area (Å²) in [6.07, 6.45) is 3.50. The van der Waals surface area contributed by atoms with Gasteiger partial charge in [-0.2, -0.15) is 0 Å². The Kier molecular flexibility index (Phi) is 4.90. The van der Waals surface area contributed by atoms with Gasteiger partial charge in [0.05, 0.1) is 0 Å². The van der Waals surface area contributed by atoms with Gasteiger partial charge in [0, 0.05) is 24.9 Å². The first-order valence-electron chi connectivity index (χ1n) is 6.74. The van der Waals surface area contributed by atoms with Crippen LogP contribution < -0.4 is 10.1 Å². The van der Waals surface area contributed by atoms with Gasteiger partial charge >= 0.3 is 0 Å². The average Bonchev–Trinajstić information content (AvgIpc) is 2.75. The maximum Gasteiger partial charge on any atom is 0.123 e. The Bertz CT molecular complexity index is 394. The normalized spacial score (nSPS) is 19.4. The molecule has 0 saturated carbocycles. The van der Waals surface area contributed by atoms with E-state index in [-0.39, 0.29) is 6.10 Å². The summed E-state index contributed by atoms with van der Waals surface area (Å²) in [7, 11) is 0. The van der Waals surface area contributed by atoms with E-state index in [1.165, 1.54) is 11.1 Å². The van der Waals surface area contributed by atoms with Gasteiger partial charge in [-0.25, -0.2) is 0 Å². The van der Waals surface area contributed by atoms with Crippen LogP contribution in [0.2, 0.25) is 0 Å². The maximum absolute atomic E-state index is 5.93. The second-order valence-electron chi connectivity index (χ2n) is 5.20. The zero-order valence-corrected chi connectivity index (χ0v) is 12.0. The monoisotopic (exact) mass is 267 g/mol. The third kappa shape index (κ3) is 3.63. The minimum atomic E-state index is 0.278. The van der Waals surface area contributed by atoms with Gasteiger partial charge < -0.3 is 10.1 Å². The van der Waals surface area contributed by atoms with Gasteiger partial charge in [-0.3, -0.25) is 0 Å². The molecule has 0 spiro atoms. The van der Waals surface area contributed by atoms with Crippen LogP contribution in [-0.2, 0) is 6.42 Å². The summed E-state index contributed by atoms with van der Waals surface area (Å²) in [5.74, 6) is 1.80. The molecule has 1 heterocycles. The van der Waals surface area contributed by atoms with Gasteiger partial charge in [0.15, 0.2) is 0 Å². The minimum absolute atomic E-state index is 0.278. The number of rotatable bonds is 6. The van der Waals surface area contributed by atoms with Gasteiger partial charge in [0.25, 0.3) is 0 Å². The molecule has 0 aromatic heterocycles. The molecule has 2 nitrogen and oxygen atoms in total. The molecule has 0 radical (unpaired) electrons. The van der Waals surface area contributed by atoms with E-state index in [9.17, 15) is 0 Å². The van der Waals surface area contributed by atoms with Crippen molar-refractivity contribution in [1.29, 1.82) is 0 Å². The molecule has 2 unspecified atom stereocenters. The third-order valence-corrected chi connectivity index (χ3v) is 3.69. The van der Waals surface area contributed by atoms with Crippen molar-refractivity contribution in [3.05, 3.63) is 29.3 Å². The second kappa shape index (κ2) is 6.44. The van der Waals surface area contributed by atoms with Crippen molar-refractivity contribution in [2.75, 3.05) is 12.4 Å². The Morgan fingerprint density at radius 3 is 3.11 bits per heavy atom. The number of aryl methyl sites for hydroxylation is 1. The molecule has 1 aliphatic rings. The maximum atomic E-state index is 5.93. The fourth-order valence-corrected chi connectivity index (χ4v) is 2.54. The largest absolute Gasteiger partial charge is 0.488 e. The van der Waals surface area contributed by atoms with Crippen molar-refractivity contribution >= 4 is 11.6 Å². The van der Waals surface area contributed by atoms with Crippen LogP contribution in [0, 0.1) is 6.92 Å². The number of nitrogens with one attached hydrogen (secondary N) is 1. The Morgan fingerprint density at radius 2 is 2.33 bits per heavy atom. The van der Waals surface area contributed by atoms with E-state index in [0.717, 1.165) is 37.4 Å². The van der Waals surface area contributed by atoms with E-state index >= 15 is 0 Å². The van der Waals surface area contributed by atoms with Crippen LogP contribution in [0.15, 0.2) is 18.2 Å². The van der Waals surface area contributed by atoms with E-state index in [2.05, 4.69) is 37.4 Å². The van der Waals surface area contributed by atoms with Gasteiger partial charge in [-0.05, 0) is 38.3 Å². The number of hydrogen-bond acceptors (Lipinski definition) is 2. The lowest BCUT2D eigenvalue weighted by Crippen LogP contribution is -2.35. The molecule has 0 fully saturated rings. The summed E-state index contributed by atoms with van der Waals surface area (Å²) in [5.41, 5.74) is 2.65. The van der Waals surface area contributed by atoms with Gasteiger partial charge in [0.1, 0.15) is 11.9 Å². The first-order chi connectivity index (χ1) is 8.69. The molecule has 0 bridgehead atoms. The van der Waals surface area contributed by atoms with Crippen LogP contribution >= 0.6 is 11.6 Å². The zero-order chi connectivity index (χ0) is 13.0. The van der Waals surface area contributed by atoms with Crippen LogP contribution in [0.3, 0.4) is 0 Å². The molecule has 0 aliphatic carbocycles. The molecule has 0 saturated heterocycles. The number of benzene rings is 1. The first kappa shape index (κ1) is 13.7. The zero-order valence-electron chi connectivity index (χ0n) is 11.2. The van der Waals surface area contributed by atoms with E-state index in [4.69, 9.17) is 16.3 Å². The molecule has 3 heteroatoms. The van der Waals surface area contributed by atoms with Crippen molar-refractivity contribution in [1.82, 2.24) is 5.32 Å². The summed E-state index contributed by atoms with van der Waals surface area (Å²) >= 11 is 5.70. The number of hydrogen-bond donors (Lipinski definition) is 1. The molecule has 2 rings (SSSR count). The number of ether oxygens (including phenoxy) is 1. The second-order valence-corrected chi connectivity index (χ2v) is 5.57. The lowest BCUT2D eigenvalue weighted by Gasteiger charge is -2.16. The summed E-state index contributed by atoms with van der Waals surface area (Å²) in [5, 5.41) is 3.53. The van der Waals surface area contributed by atoms with Crippen LogP contribution in [-0.4, -0.2) is 24.6 Å². The highest BCUT2D eigenvalue weighted by molar-refractivity contribution is 6.17. The smallest absolute Gasteiger partial charge is 0.123 e. The SMILES string of the molecule is Cc1ccc2c(c1)CC(CNC(C)CCCCl)O2. The highest BCUT2D eigenvalue weighted by atomic mass is 35.5. The highest BCUT2D eigenvalue weighted by Crippen LogP contribution is 2.29. The van der Waals surface area contributed by atoms with Crippen LogP contribution in [0.5, 0.6) is 5.75 Å². The molecule has 100 valence electrons. The number of fused-ring (bicyclic) bond motifs is 1. The van der Waals surface area contributed by atoms with Crippen LogP contribution in [0.25, 0.3) is 0 Å². The fraction of sp³-hybridized carbons (Fsp3) is 0.600. The van der Waals surface area contributed by atoms with Gasteiger partial charge in [-0.15, -0.1) is 11.6 Å². The van der Waals surface area contributed by atoms with Crippen molar-refractivity contribution in [2.45, 2.75) is 45.3 Å². The predicted octanol–water partition coefficient (Wildman–Crippen LogP) is 3.30. The summed E-state index contributed by atoms with van der Waals surface area (Å²) in [6.45, 7) is 5.25. The van der Waals surface area contributed by atoms with Crippen LogP contribution in [0.4, 0.5) is 0 Å². The highest BCUT2D eigenvalue weighted by Gasteiger charge is 2.22. The Balaban J connectivity index is 1.77. The van der Waals surface area contributed by atoms with Crippen molar-refractivity contribution in [3.8, 4) is 5.75 Å². The predicted molar refractivity (Wildman–Crippen MR) is 76.7 cm³/mol. The van der Waals surface area contributed by atoms with Crippen LogP contribution in [0.1, 0.15) is 30.9 Å². The first-order valence-corrected chi connectivity index (χ1v) is 7.28. The number of halogens is 1. The quantitative estimate of drug-likeness (QED) is 0.799. The molecule has 1 aromatic carbocycles. The molecule has 1 aliphatic heterocycles. The number of alkyl halides is 1. The Morgan fingerprint density at radius 1 is 1.50 bits per heavy atom. The Labute approximate surface area is 115 Å². The van der Waals surface area contributed by atoms with E-state index in [1.54, 1.807) is 0 Å².